The van der Waals surface area contributed by atoms with E-state index in [2.05, 4.69) is 15.8 Å². The van der Waals surface area contributed by atoms with Crippen LogP contribution >= 0.6 is 11.6 Å². The topological polar surface area (TPSA) is 79.8 Å². The molecule has 0 saturated heterocycles. The van der Waals surface area contributed by atoms with Crippen molar-refractivity contribution < 1.29 is 14.3 Å². The van der Waals surface area contributed by atoms with Gasteiger partial charge in [-0.15, -0.1) is 0 Å². The molecule has 0 bridgehead atoms. The van der Waals surface area contributed by atoms with E-state index in [1.54, 1.807) is 48.5 Å². The highest BCUT2D eigenvalue weighted by molar-refractivity contribution is 6.41. The number of nitrogens with zero attached hydrogens (tertiary/aromatic N) is 1. The minimum atomic E-state index is -0.899. The molecule has 0 fully saturated rings. The molecule has 2 N–H and O–H groups in total. The molecule has 0 saturated carbocycles. The summed E-state index contributed by atoms with van der Waals surface area (Å²) in [5.74, 6) is -1.04. The molecule has 0 aliphatic heterocycles. The second-order valence-electron chi connectivity index (χ2n) is 5.98. The number of halogens is 1. The van der Waals surface area contributed by atoms with Crippen LogP contribution in [-0.2, 0) is 16.2 Å². The summed E-state index contributed by atoms with van der Waals surface area (Å²) in [5.41, 5.74) is 4.35. The van der Waals surface area contributed by atoms with E-state index in [4.69, 9.17) is 16.3 Å². The molecule has 2 amide bonds. The van der Waals surface area contributed by atoms with Crippen LogP contribution in [0, 0.1) is 0 Å². The highest BCUT2D eigenvalue weighted by Gasteiger charge is 2.14. The summed E-state index contributed by atoms with van der Waals surface area (Å²) in [6.45, 7) is 0.477. The van der Waals surface area contributed by atoms with E-state index in [0.29, 0.717) is 23.1 Å². The maximum absolute atomic E-state index is 11.9. The smallest absolute Gasteiger partial charge is 0.329 e. The predicted molar refractivity (Wildman–Crippen MR) is 113 cm³/mol. The van der Waals surface area contributed by atoms with Crippen LogP contribution in [-0.4, -0.2) is 18.0 Å². The fourth-order valence-electron chi connectivity index (χ4n) is 2.35. The van der Waals surface area contributed by atoms with Gasteiger partial charge in [-0.1, -0.05) is 54.1 Å². The predicted octanol–water partition coefficient (Wildman–Crippen LogP) is 4.01. The van der Waals surface area contributed by atoms with Crippen LogP contribution in [0.4, 0.5) is 5.69 Å². The lowest BCUT2D eigenvalue weighted by atomic mass is 10.2. The monoisotopic (exact) mass is 407 g/mol. The van der Waals surface area contributed by atoms with Gasteiger partial charge in [0.15, 0.2) is 0 Å². The maximum atomic E-state index is 11.9. The average molecular weight is 408 g/mol. The molecule has 0 spiro atoms. The molecule has 0 atom stereocenters. The molecule has 3 aromatic rings. The molecule has 7 heteroatoms. The normalized spacial score (nSPS) is 10.5. The number of nitrogens with one attached hydrogen (secondary N) is 2. The zero-order valence-corrected chi connectivity index (χ0v) is 16.1. The molecule has 0 radical (unpaired) electrons. The molecule has 0 aromatic heterocycles. The van der Waals surface area contributed by atoms with Crippen molar-refractivity contribution >= 4 is 35.3 Å². The van der Waals surface area contributed by atoms with Crippen molar-refractivity contribution in [3.63, 3.8) is 0 Å². The second-order valence-corrected chi connectivity index (χ2v) is 6.38. The first-order valence-electron chi connectivity index (χ1n) is 8.77. The largest absolute Gasteiger partial charge is 0.489 e. The van der Waals surface area contributed by atoms with E-state index in [1.807, 2.05) is 30.3 Å². The minimum absolute atomic E-state index is 0.340. The standard InChI is InChI=1S/C22H18ClN3O3/c23-19-8-4-5-9-20(19)25-21(27)22(28)26-24-14-16-10-12-18(13-11-16)29-15-17-6-2-1-3-7-17/h1-14H,15H2,(H,25,27)(H,26,28)/b24-14-. The van der Waals surface area contributed by atoms with Gasteiger partial charge in [-0.2, -0.15) is 5.10 Å². The van der Waals surface area contributed by atoms with Crippen molar-refractivity contribution in [1.29, 1.82) is 0 Å². The Kier molecular flexibility index (Phi) is 6.97. The van der Waals surface area contributed by atoms with Crippen molar-refractivity contribution in [3.05, 3.63) is 95.0 Å². The first-order chi connectivity index (χ1) is 14.1. The number of rotatable bonds is 6. The number of anilines is 1. The molecule has 0 aliphatic rings. The molecular formula is C22H18ClN3O3. The Balaban J connectivity index is 1.47. The van der Waals surface area contributed by atoms with Gasteiger partial charge in [-0.25, -0.2) is 5.43 Å². The molecule has 0 unspecified atom stereocenters. The van der Waals surface area contributed by atoms with E-state index in [-0.39, 0.29) is 0 Å². The Labute approximate surface area is 173 Å². The first kappa shape index (κ1) is 20.1. The molecule has 146 valence electrons. The van der Waals surface area contributed by atoms with Gasteiger partial charge >= 0.3 is 11.8 Å². The number of hydrogen-bond donors (Lipinski definition) is 2. The highest BCUT2D eigenvalue weighted by Crippen LogP contribution is 2.20. The van der Waals surface area contributed by atoms with Crippen molar-refractivity contribution in [2.24, 2.45) is 5.10 Å². The first-order valence-corrected chi connectivity index (χ1v) is 9.15. The lowest BCUT2D eigenvalue weighted by Crippen LogP contribution is -2.32. The van der Waals surface area contributed by atoms with Gasteiger partial charge in [0.2, 0.25) is 0 Å². The lowest BCUT2D eigenvalue weighted by Gasteiger charge is -2.06. The number of benzene rings is 3. The van der Waals surface area contributed by atoms with E-state index < -0.39 is 11.8 Å². The molecule has 0 heterocycles. The number of para-hydroxylation sites is 1. The quantitative estimate of drug-likeness (QED) is 0.368. The lowest BCUT2D eigenvalue weighted by molar-refractivity contribution is -0.136. The zero-order chi connectivity index (χ0) is 20.5. The fraction of sp³-hybridized carbons (Fsp3) is 0.0455. The third-order valence-corrected chi connectivity index (χ3v) is 4.17. The molecule has 0 aliphatic carbocycles. The van der Waals surface area contributed by atoms with Crippen LogP contribution in [0.3, 0.4) is 0 Å². The van der Waals surface area contributed by atoms with E-state index in [1.165, 1.54) is 6.21 Å². The molecule has 29 heavy (non-hydrogen) atoms. The van der Waals surface area contributed by atoms with Crippen molar-refractivity contribution in [2.75, 3.05) is 5.32 Å². The Hall–Kier alpha value is -3.64. The Morgan fingerprint density at radius 2 is 1.59 bits per heavy atom. The molecule has 3 aromatic carbocycles. The number of amides is 2. The number of hydrogen-bond acceptors (Lipinski definition) is 4. The Morgan fingerprint density at radius 3 is 2.31 bits per heavy atom. The van der Waals surface area contributed by atoms with E-state index in [0.717, 1.165) is 11.1 Å². The van der Waals surface area contributed by atoms with Crippen molar-refractivity contribution in [3.8, 4) is 5.75 Å². The number of hydrazone groups is 1. The van der Waals surface area contributed by atoms with Crippen LogP contribution in [0.1, 0.15) is 11.1 Å². The highest BCUT2D eigenvalue weighted by atomic mass is 35.5. The third kappa shape index (κ3) is 6.19. The van der Waals surface area contributed by atoms with Crippen molar-refractivity contribution in [1.82, 2.24) is 5.43 Å². The summed E-state index contributed by atoms with van der Waals surface area (Å²) in [5, 5.41) is 6.55. The van der Waals surface area contributed by atoms with Crippen LogP contribution in [0.2, 0.25) is 5.02 Å². The van der Waals surface area contributed by atoms with Gasteiger partial charge in [0, 0.05) is 0 Å². The summed E-state index contributed by atoms with van der Waals surface area (Å²) in [4.78, 5) is 23.7. The van der Waals surface area contributed by atoms with Crippen LogP contribution in [0.25, 0.3) is 0 Å². The number of carbonyl (C=O) groups excluding carboxylic acids is 2. The zero-order valence-electron chi connectivity index (χ0n) is 15.3. The maximum Gasteiger partial charge on any atom is 0.329 e. The Bertz CT molecular complexity index is 1010. The summed E-state index contributed by atoms with van der Waals surface area (Å²) < 4.78 is 5.71. The number of ether oxygens (including phenoxy) is 1. The average Bonchev–Trinajstić information content (AvgIpc) is 2.75. The van der Waals surface area contributed by atoms with Crippen LogP contribution in [0.5, 0.6) is 5.75 Å². The Morgan fingerprint density at radius 1 is 0.897 bits per heavy atom. The second kappa shape index (κ2) is 10.1. The summed E-state index contributed by atoms with van der Waals surface area (Å²) >= 11 is 5.94. The SMILES string of the molecule is O=C(N/N=C\c1ccc(OCc2ccccc2)cc1)C(=O)Nc1ccccc1Cl. The van der Waals surface area contributed by atoms with Gasteiger partial charge in [-0.3, -0.25) is 9.59 Å². The molecule has 3 rings (SSSR count). The number of carbonyl (C=O) groups is 2. The van der Waals surface area contributed by atoms with Gasteiger partial charge in [0.05, 0.1) is 16.9 Å². The third-order valence-electron chi connectivity index (χ3n) is 3.84. The van der Waals surface area contributed by atoms with Gasteiger partial charge in [-0.05, 0) is 47.5 Å². The molecular weight excluding hydrogens is 390 g/mol. The van der Waals surface area contributed by atoms with Gasteiger partial charge in [0.25, 0.3) is 0 Å². The minimum Gasteiger partial charge on any atom is -0.489 e. The fourth-order valence-corrected chi connectivity index (χ4v) is 2.53. The molecule has 6 nitrogen and oxygen atoms in total. The van der Waals surface area contributed by atoms with Crippen LogP contribution < -0.4 is 15.5 Å². The van der Waals surface area contributed by atoms with E-state index >= 15 is 0 Å². The van der Waals surface area contributed by atoms with Gasteiger partial charge in [0.1, 0.15) is 12.4 Å². The van der Waals surface area contributed by atoms with Gasteiger partial charge < -0.3 is 10.1 Å². The summed E-state index contributed by atoms with van der Waals surface area (Å²) in [6.07, 6.45) is 1.43. The van der Waals surface area contributed by atoms with Crippen molar-refractivity contribution in [2.45, 2.75) is 6.61 Å². The summed E-state index contributed by atoms with van der Waals surface area (Å²) in [7, 11) is 0. The van der Waals surface area contributed by atoms with E-state index in [9.17, 15) is 9.59 Å². The summed E-state index contributed by atoms with van der Waals surface area (Å²) in [6, 6.07) is 23.7. The van der Waals surface area contributed by atoms with Crippen LogP contribution in [0.15, 0.2) is 84.0 Å².